The molecule has 1 aliphatic carbocycles. The first-order valence-electron chi connectivity index (χ1n) is 7.05. The monoisotopic (exact) mass is 292 g/mol. The average molecular weight is 292 g/mol. The van der Waals surface area contributed by atoms with Gasteiger partial charge in [0.1, 0.15) is 0 Å². The predicted molar refractivity (Wildman–Crippen MR) is 82.3 cm³/mol. The van der Waals surface area contributed by atoms with Crippen molar-refractivity contribution in [3.8, 4) is 11.5 Å². The standard InChI is InChI=1S/C15H20N2O2S/c1-4-5-9-6-11(9)17-12-8-14(19-3)13(18-2)7-10(12)16-15(17)20/h7-9,11H,4-6H2,1-3H3,(H,16,20). The maximum absolute atomic E-state index is 5.49. The molecule has 4 nitrogen and oxygen atoms in total. The molecule has 1 aromatic carbocycles. The van der Waals surface area contributed by atoms with Gasteiger partial charge in [-0.2, -0.15) is 0 Å². The van der Waals surface area contributed by atoms with E-state index in [9.17, 15) is 0 Å². The summed E-state index contributed by atoms with van der Waals surface area (Å²) in [6.45, 7) is 2.23. The first kappa shape index (κ1) is 13.5. The predicted octanol–water partition coefficient (Wildman–Crippen LogP) is 4.08. The molecule has 2 unspecified atom stereocenters. The normalized spacial score (nSPS) is 21.1. The van der Waals surface area contributed by atoms with Crippen molar-refractivity contribution in [1.29, 1.82) is 0 Å². The summed E-state index contributed by atoms with van der Waals surface area (Å²) in [7, 11) is 3.31. The van der Waals surface area contributed by atoms with E-state index in [4.69, 9.17) is 21.7 Å². The Balaban J connectivity index is 2.09. The first-order chi connectivity index (χ1) is 9.69. The number of H-pyrrole nitrogens is 1. The van der Waals surface area contributed by atoms with Gasteiger partial charge in [0, 0.05) is 18.2 Å². The van der Waals surface area contributed by atoms with Crippen LogP contribution in [-0.2, 0) is 0 Å². The fourth-order valence-corrected chi connectivity index (χ4v) is 3.35. The van der Waals surface area contributed by atoms with E-state index in [-0.39, 0.29) is 0 Å². The van der Waals surface area contributed by atoms with Gasteiger partial charge in [0.15, 0.2) is 16.3 Å². The van der Waals surface area contributed by atoms with Gasteiger partial charge < -0.3 is 19.0 Å². The summed E-state index contributed by atoms with van der Waals surface area (Å²) in [5.74, 6) is 2.23. The van der Waals surface area contributed by atoms with E-state index in [2.05, 4.69) is 16.5 Å². The molecule has 20 heavy (non-hydrogen) atoms. The van der Waals surface area contributed by atoms with E-state index in [0.29, 0.717) is 6.04 Å². The number of ether oxygens (including phenoxy) is 2. The van der Waals surface area contributed by atoms with E-state index in [1.54, 1.807) is 14.2 Å². The van der Waals surface area contributed by atoms with Gasteiger partial charge in [-0.3, -0.25) is 0 Å². The molecule has 2 aromatic rings. The summed E-state index contributed by atoms with van der Waals surface area (Å²) in [5.41, 5.74) is 2.12. The third-order valence-corrected chi connectivity index (χ3v) is 4.40. The van der Waals surface area contributed by atoms with E-state index in [1.807, 2.05) is 12.1 Å². The Bertz CT molecular complexity index is 689. The van der Waals surface area contributed by atoms with Gasteiger partial charge in [-0.15, -0.1) is 0 Å². The Morgan fingerprint density at radius 2 is 2.00 bits per heavy atom. The maximum Gasteiger partial charge on any atom is 0.178 e. The van der Waals surface area contributed by atoms with Gasteiger partial charge in [-0.05, 0) is 31.0 Å². The summed E-state index contributed by atoms with van der Waals surface area (Å²) >= 11 is 5.49. The Hall–Kier alpha value is -1.49. The van der Waals surface area contributed by atoms with E-state index >= 15 is 0 Å². The first-order valence-corrected chi connectivity index (χ1v) is 7.46. The van der Waals surface area contributed by atoms with Crippen LogP contribution in [0, 0.1) is 10.7 Å². The zero-order valence-electron chi connectivity index (χ0n) is 12.1. The molecule has 108 valence electrons. The van der Waals surface area contributed by atoms with Crippen molar-refractivity contribution in [2.45, 2.75) is 32.2 Å². The molecule has 1 heterocycles. The second-order valence-electron chi connectivity index (χ2n) is 5.38. The van der Waals surface area contributed by atoms with Crippen molar-refractivity contribution in [1.82, 2.24) is 9.55 Å². The molecule has 1 aromatic heterocycles. The van der Waals surface area contributed by atoms with Crippen LogP contribution < -0.4 is 9.47 Å². The molecule has 1 aliphatic rings. The summed E-state index contributed by atoms with van der Waals surface area (Å²) in [4.78, 5) is 3.28. The van der Waals surface area contributed by atoms with Gasteiger partial charge in [0.25, 0.3) is 0 Å². The lowest BCUT2D eigenvalue weighted by Crippen LogP contribution is -1.97. The SMILES string of the molecule is CCCC1CC1n1c(=S)[nH]c2cc(OC)c(OC)cc21. The minimum absolute atomic E-state index is 0.536. The van der Waals surface area contributed by atoms with E-state index in [1.165, 1.54) is 19.3 Å². The number of rotatable bonds is 5. The van der Waals surface area contributed by atoms with Crippen LogP contribution in [0.4, 0.5) is 0 Å². The van der Waals surface area contributed by atoms with Gasteiger partial charge in [0.2, 0.25) is 0 Å². The lowest BCUT2D eigenvalue weighted by Gasteiger charge is -2.09. The molecule has 1 fully saturated rings. The number of benzene rings is 1. The largest absolute Gasteiger partial charge is 0.493 e. The second kappa shape index (κ2) is 5.13. The Morgan fingerprint density at radius 3 is 2.65 bits per heavy atom. The van der Waals surface area contributed by atoms with Crippen molar-refractivity contribution < 1.29 is 9.47 Å². The summed E-state index contributed by atoms with van der Waals surface area (Å²) < 4.78 is 13.8. The van der Waals surface area contributed by atoms with Crippen LogP contribution in [-0.4, -0.2) is 23.8 Å². The smallest absolute Gasteiger partial charge is 0.178 e. The van der Waals surface area contributed by atoms with Crippen LogP contribution in [0.25, 0.3) is 11.0 Å². The van der Waals surface area contributed by atoms with Gasteiger partial charge in [0.05, 0.1) is 25.3 Å². The lowest BCUT2D eigenvalue weighted by molar-refractivity contribution is 0.355. The molecule has 0 bridgehead atoms. The second-order valence-corrected chi connectivity index (χ2v) is 5.76. The molecule has 5 heteroatoms. The molecule has 1 saturated carbocycles. The number of hydrogen-bond acceptors (Lipinski definition) is 3. The number of hydrogen-bond donors (Lipinski definition) is 1. The van der Waals surface area contributed by atoms with Crippen LogP contribution in [0.2, 0.25) is 0 Å². The van der Waals surface area contributed by atoms with Crippen molar-refractivity contribution in [3.05, 3.63) is 16.9 Å². The van der Waals surface area contributed by atoms with Crippen molar-refractivity contribution in [2.75, 3.05) is 14.2 Å². The average Bonchev–Trinajstić information content (AvgIpc) is 3.11. The molecule has 0 radical (unpaired) electrons. The van der Waals surface area contributed by atoms with Crippen LogP contribution in [0.3, 0.4) is 0 Å². The molecule has 0 spiro atoms. The van der Waals surface area contributed by atoms with Crippen molar-refractivity contribution >= 4 is 23.3 Å². The number of nitrogens with zero attached hydrogens (tertiary/aromatic N) is 1. The summed E-state index contributed by atoms with van der Waals surface area (Å²) in [6.07, 6.45) is 3.73. The highest BCUT2D eigenvalue weighted by atomic mass is 32.1. The zero-order chi connectivity index (χ0) is 14.3. The molecule has 3 rings (SSSR count). The molecular formula is C15H20N2O2S. The minimum atomic E-state index is 0.536. The topological polar surface area (TPSA) is 39.2 Å². The highest BCUT2D eigenvalue weighted by molar-refractivity contribution is 7.71. The number of fused-ring (bicyclic) bond motifs is 1. The summed E-state index contributed by atoms with van der Waals surface area (Å²) in [5, 5.41) is 0. The number of nitrogens with one attached hydrogen (secondary N) is 1. The summed E-state index contributed by atoms with van der Waals surface area (Å²) in [6, 6.07) is 4.51. The fraction of sp³-hybridized carbons (Fsp3) is 0.533. The van der Waals surface area contributed by atoms with Gasteiger partial charge in [-0.25, -0.2) is 0 Å². The fourth-order valence-electron chi connectivity index (χ4n) is 3.01. The Kier molecular flexibility index (Phi) is 3.46. The number of aromatic nitrogens is 2. The lowest BCUT2D eigenvalue weighted by atomic mass is 10.2. The van der Waals surface area contributed by atoms with Crippen LogP contribution in [0.1, 0.15) is 32.2 Å². The van der Waals surface area contributed by atoms with Crippen LogP contribution in [0.15, 0.2) is 12.1 Å². The minimum Gasteiger partial charge on any atom is -0.493 e. The number of imidazole rings is 1. The van der Waals surface area contributed by atoms with Gasteiger partial charge >= 0.3 is 0 Å². The van der Waals surface area contributed by atoms with Gasteiger partial charge in [-0.1, -0.05) is 13.3 Å². The molecule has 0 aliphatic heterocycles. The third kappa shape index (κ3) is 2.10. The Labute approximate surface area is 123 Å². The third-order valence-electron chi connectivity index (χ3n) is 4.10. The van der Waals surface area contributed by atoms with E-state index < -0.39 is 0 Å². The van der Waals surface area contributed by atoms with Crippen molar-refractivity contribution in [2.24, 2.45) is 5.92 Å². The zero-order valence-corrected chi connectivity index (χ0v) is 12.9. The quantitative estimate of drug-likeness (QED) is 0.844. The molecule has 0 amide bonds. The molecule has 0 saturated heterocycles. The number of aromatic amines is 1. The highest BCUT2D eigenvalue weighted by Gasteiger charge is 2.39. The highest BCUT2D eigenvalue weighted by Crippen LogP contribution is 2.48. The van der Waals surface area contributed by atoms with Crippen LogP contribution >= 0.6 is 12.2 Å². The van der Waals surface area contributed by atoms with Crippen molar-refractivity contribution in [3.63, 3.8) is 0 Å². The maximum atomic E-state index is 5.49. The Morgan fingerprint density at radius 1 is 1.30 bits per heavy atom. The molecular weight excluding hydrogens is 272 g/mol. The molecule has 2 atom stereocenters. The number of methoxy groups -OCH3 is 2. The van der Waals surface area contributed by atoms with E-state index in [0.717, 1.165) is 33.2 Å². The molecule has 1 N–H and O–H groups in total. The van der Waals surface area contributed by atoms with Crippen LogP contribution in [0.5, 0.6) is 11.5 Å².